The second kappa shape index (κ2) is 22.8. The molecule has 0 aliphatic carbocycles. The molecule has 1 rings (SSSR count). The maximum atomic E-state index is 11.6. The number of carbonyl (C=O) groups is 3. The third-order valence-electron chi connectivity index (χ3n) is 7.16. The molecule has 0 spiro atoms. The van der Waals surface area contributed by atoms with Gasteiger partial charge < -0.3 is 9.84 Å². The van der Waals surface area contributed by atoms with Gasteiger partial charge in [0.05, 0.1) is 6.61 Å². The number of unbranched alkanes of at least 4 members (excludes halogenated alkanes) is 21. The summed E-state index contributed by atoms with van der Waals surface area (Å²) >= 11 is 0. The molecule has 35 heavy (non-hydrogen) atoms. The van der Waals surface area contributed by atoms with Gasteiger partial charge in [-0.15, -0.1) is 0 Å². The molecule has 204 valence electrons. The van der Waals surface area contributed by atoms with Gasteiger partial charge in [0.15, 0.2) is 0 Å². The lowest BCUT2D eigenvalue weighted by Crippen LogP contribution is -2.29. The van der Waals surface area contributed by atoms with Crippen LogP contribution >= 0.6 is 0 Å². The van der Waals surface area contributed by atoms with Crippen LogP contribution in [0.4, 0.5) is 4.79 Å². The number of rotatable bonds is 25. The van der Waals surface area contributed by atoms with Crippen LogP contribution in [0.25, 0.3) is 0 Å². The number of nitrogens with zero attached hydrogens (tertiary/aromatic N) is 1. The van der Waals surface area contributed by atoms with Crippen LogP contribution < -0.4 is 0 Å². The van der Waals surface area contributed by atoms with E-state index < -0.39 is 6.16 Å². The molecule has 6 heteroatoms. The Balaban J connectivity index is 1.66. The molecule has 1 fully saturated rings. The van der Waals surface area contributed by atoms with E-state index in [1.54, 1.807) is 0 Å². The summed E-state index contributed by atoms with van der Waals surface area (Å²) in [6.45, 7) is 0.973. The zero-order valence-electron chi connectivity index (χ0n) is 22.4. The van der Waals surface area contributed by atoms with Crippen LogP contribution in [0.5, 0.6) is 0 Å². The molecule has 1 saturated heterocycles. The van der Waals surface area contributed by atoms with Crippen molar-refractivity contribution < 1.29 is 24.2 Å². The zero-order valence-corrected chi connectivity index (χ0v) is 22.4. The van der Waals surface area contributed by atoms with E-state index in [0.29, 0.717) is 26.0 Å². The first kappa shape index (κ1) is 31.4. The minimum absolute atomic E-state index is 0.0224. The van der Waals surface area contributed by atoms with Crippen molar-refractivity contribution in [2.45, 2.75) is 154 Å². The first-order valence-electron chi connectivity index (χ1n) is 14.8. The summed E-state index contributed by atoms with van der Waals surface area (Å²) in [5.74, 6) is 0.0448. The first-order valence-corrected chi connectivity index (χ1v) is 14.8. The van der Waals surface area contributed by atoms with Crippen LogP contribution in [0, 0.1) is 0 Å². The molecule has 0 unspecified atom stereocenters. The third-order valence-corrected chi connectivity index (χ3v) is 7.16. The Morgan fingerprint density at radius 2 is 0.829 bits per heavy atom. The average Bonchev–Trinajstić information content (AvgIpc) is 3.16. The predicted molar refractivity (Wildman–Crippen MR) is 142 cm³/mol. The van der Waals surface area contributed by atoms with E-state index >= 15 is 0 Å². The summed E-state index contributed by atoms with van der Waals surface area (Å²) < 4.78 is 4.51. The number of hydrogen-bond donors (Lipinski definition) is 1. The van der Waals surface area contributed by atoms with Crippen molar-refractivity contribution in [2.75, 3.05) is 13.2 Å². The fourth-order valence-electron chi connectivity index (χ4n) is 4.94. The Labute approximate surface area is 214 Å². The van der Waals surface area contributed by atoms with Crippen LogP contribution in [0.3, 0.4) is 0 Å². The molecule has 0 aromatic heterocycles. The molecule has 0 bridgehead atoms. The van der Waals surface area contributed by atoms with Gasteiger partial charge in [-0.2, -0.15) is 0 Å². The minimum atomic E-state index is -1.16. The standard InChI is InChI=1S/C29H53NO5/c31-27-23-24-28(32)30(27)25-21-19-17-15-13-11-9-7-5-3-1-2-4-6-8-10-12-14-16-18-20-22-26-35-29(33)34/h1-26H2,(H,33,34). The highest BCUT2D eigenvalue weighted by molar-refractivity contribution is 6.01. The van der Waals surface area contributed by atoms with Crippen LogP contribution in [-0.2, 0) is 14.3 Å². The summed E-state index contributed by atoms with van der Waals surface area (Å²) in [6.07, 6.45) is 27.8. The van der Waals surface area contributed by atoms with Gasteiger partial charge in [0.2, 0.25) is 11.8 Å². The average molecular weight is 496 g/mol. The van der Waals surface area contributed by atoms with Crippen LogP contribution in [0.1, 0.15) is 154 Å². The summed E-state index contributed by atoms with van der Waals surface area (Å²) in [4.78, 5) is 34.8. The molecule has 2 amide bonds. The van der Waals surface area contributed by atoms with Crippen molar-refractivity contribution in [3.63, 3.8) is 0 Å². The zero-order chi connectivity index (χ0) is 25.4. The van der Waals surface area contributed by atoms with Crippen LogP contribution in [0.2, 0.25) is 0 Å². The fourth-order valence-corrected chi connectivity index (χ4v) is 4.94. The van der Waals surface area contributed by atoms with Gasteiger partial charge in [-0.05, 0) is 12.8 Å². The van der Waals surface area contributed by atoms with E-state index in [0.717, 1.165) is 25.7 Å². The SMILES string of the molecule is O=C(O)OCCCCCCCCCCCCCCCCCCCCCCCCN1C(=O)CCC1=O. The van der Waals surface area contributed by atoms with Crippen molar-refractivity contribution >= 4 is 18.0 Å². The molecule has 1 aliphatic heterocycles. The number of amides is 2. The number of carboxylic acid groups (broad SMARTS) is 1. The Bertz CT molecular complexity index is 535. The number of carbonyl (C=O) groups excluding carboxylic acids is 2. The molecule has 0 aromatic rings. The van der Waals surface area contributed by atoms with Gasteiger partial charge in [0, 0.05) is 19.4 Å². The van der Waals surface area contributed by atoms with Gasteiger partial charge in [0.1, 0.15) is 0 Å². The van der Waals surface area contributed by atoms with Crippen molar-refractivity contribution in [2.24, 2.45) is 0 Å². The summed E-state index contributed by atoms with van der Waals surface area (Å²) in [6, 6.07) is 0. The molecular formula is C29H53NO5. The number of hydrogen-bond acceptors (Lipinski definition) is 4. The minimum Gasteiger partial charge on any atom is -0.450 e. The van der Waals surface area contributed by atoms with E-state index in [4.69, 9.17) is 5.11 Å². The van der Waals surface area contributed by atoms with Crippen molar-refractivity contribution in [1.82, 2.24) is 4.90 Å². The van der Waals surface area contributed by atoms with Crippen molar-refractivity contribution in [3.8, 4) is 0 Å². The van der Waals surface area contributed by atoms with Crippen LogP contribution in [-0.4, -0.2) is 41.1 Å². The maximum Gasteiger partial charge on any atom is 0.505 e. The first-order chi connectivity index (χ1) is 17.1. The van der Waals surface area contributed by atoms with Gasteiger partial charge in [-0.1, -0.05) is 128 Å². The number of likely N-dealkylation sites (tertiary alicyclic amines) is 1. The molecule has 1 aliphatic rings. The molecular weight excluding hydrogens is 442 g/mol. The molecule has 6 nitrogen and oxygen atoms in total. The van der Waals surface area contributed by atoms with E-state index in [1.165, 1.54) is 120 Å². The third kappa shape index (κ3) is 19.3. The van der Waals surface area contributed by atoms with Crippen molar-refractivity contribution in [1.29, 1.82) is 0 Å². The highest BCUT2D eigenvalue weighted by Crippen LogP contribution is 2.16. The second-order valence-electron chi connectivity index (χ2n) is 10.3. The summed E-state index contributed by atoms with van der Waals surface area (Å²) in [7, 11) is 0. The Hall–Kier alpha value is -1.59. The quantitative estimate of drug-likeness (QED) is 0.0780. The fraction of sp³-hybridized carbons (Fsp3) is 0.897. The number of imide groups is 1. The lowest BCUT2D eigenvalue weighted by molar-refractivity contribution is -0.138. The largest absolute Gasteiger partial charge is 0.505 e. The molecule has 0 saturated carbocycles. The lowest BCUT2D eigenvalue weighted by Gasteiger charge is -2.13. The monoisotopic (exact) mass is 495 g/mol. The smallest absolute Gasteiger partial charge is 0.450 e. The lowest BCUT2D eigenvalue weighted by atomic mass is 10.0. The molecule has 0 aromatic carbocycles. The van der Waals surface area contributed by atoms with Gasteiger partial charge in [0.25, 0.3) is 0 Å². The highest BCUT2D eigenvalue weighted by atomic mass is 16.7. The van der Waals surface area contributed by atoms with E-state index in [2.05, 4.69) is 4.74 Å². The van der Waals surface area contributed by atoms with Gasteiger partial charge in [-0.25, -0.2) is 4.79 Å². The molecule has 1 heterocycles. The second-order valence-corrected chi connectivity index (χ2v) is 10.3. The van der Waals surface area contributed by atoms with E-state index in [1.807, 2.05) is 0 Å². The predicted octanol–water partition coefficient (Wildman–Crippen LogP) is 8.41. The molecule has 0 radical (unpaired) electrons. The normalized spacial score (nSPS) is 13.7. The number of ether oxygens (including phenoxy) is 1. The highest BCUT2D eigenvalue weighted by Gasteiger charge is 2.27. The van der Waals surface area contributed by atoms with E-state index in [-0.39, 0.29) is 11.8 Å². The molecule has 0 atom stereocenters. The van der Waals surface area contributed by atoms with Gasteiger partial charge >= 0.3 is 6.16 Å². The van der Waals surface area contributed by atoms with Crippen molar-refractivity contribution in [3.05, 3.63) is 0 Å². The van der Waals surface area contributed by atoms with Gasteiger partial charge in [-0.3, -0.25) is 14.5 Å². The molecule has 1 N–H and O–H groups in total. The summed E-state index contributed by atoms with van der Waals surface area (Å²) in [5.41, 5.74) is 0. The Kier molecular flexibility index (Phi) is 20.5. The maximum absolute atomic E-state index is 11.6. The van der Waals surface area contributed by atoms with E-state index in [9.17, 15) is 14.4 Å². The van der Waals surface area contributed by atoms with Crippen LogP contribution in [0.15, 0.2) is 0 Å². The summed E-state index contributed by atoms with van der Waals surface area (Å²) in [5, 5.41) is 8.39. The Morgan fingerprint density at radius 1 is 0.543 bits per heavy atom. The topological polar surface area (TPSA) is 83.9 Å². The Morgan fingerprint density at radius 3 is 1.14 bits per heavy atom.